The highest BCUT2D eigenvalue weighted by atomic mass is 35.5. The van der Waals surface area contributed by atoms with Gasteiger partial charge in [0.25, 0.3) is 0 Å². The van der Waals surface area contributed by atoms with Crippen LogP contribution in [0.2, 0.25) is 5.02 Å². The van der Waals surface area contributed by atoms with E-state index in [0.29, 0.717) is 11.5 Å². The van der Waals surface area contributed by atoms with Gasteiger partial charge in [0.15, 0.2) is 6.61 Å². The van der Waals surface area contributed by atoms with Gasteiger partial charge in [0.05, 0.1) is 24.9 Å². The van der Waals surface area contributed by atoms with Crippen molar-refractivity contribution in [2.24, 2.45) is 0 Å². The molecular formula is C11H13ClN2O6. The van der Waals surface area contributed by atoms with Gasteiger partial charge in [-0.1, -0.05) is 11.6 Å². The van der Waals surface area contributed by atoms with Gasteiger partial charge in [-0.25, -0.2) is 15.1 Å². The van der Waals surface area contributed by atoms with Gasteiger partial charge in [-0.3, -0.25) is 4.84 Å². The first kappa shape index (κ1) is 15.9. The van der Waals surface area contributed by atoms with Gasteiger partial charge in [-0.2, -0.15) is 0 Å². The van der Waals surface area contributed by atoms with Crippen molar-refractivity contribution in [3.63, 3.8) is 0 Å². The minimum Gasteiger partial charge on any atom is -0.495 e. The summed E-state index contributed by atoms with van der Waals surface area (Å²) < 4.78 is 10.1. The Kier molecular flexibility index (Phi) is 5.88. The molecule has 0 spiro atoms. The second kappa shape index (κ2) is 7.41. The summed E-state index contributed by atoms with van der Waals surface area (Å²) in [6.07, 6.45) is 0. The van der Waals surface area contributed by atoms with Crippen molar-refractivity contribution in [3.8, 4) is 11.5 Å². The summed E-state index contributed by atoms with van der Waals surface area (Å²) in [7, 11) is 2.85. The quantitative estimate of drug-likeness (QED) is 0.688. The molecular weight excluding hydrogens is 292 g/mol. The normalized spacial score (nSPS) is 9.75. The average molecular weight is 305 g/mol. The second-order valence-corrected chi connectivity index (χ2v) is 3.83. The summed E-state index contributed by atoms with van der Waals surface area (Å²) in [4.78, 5) is 26.1. The number of hydroxylamine groups is 1. The number of ether oxygens (including phenoxy) is 2. The van der Waals surface area contributed by atoms with Crippen LogP contribution in [0.5, 0.6) is 11.5 Å². The molecule has 0 atom stereocenters. The maximum absolute atomic E-state index is 11.5. The van der Waals surface area contributed by atoms with Crippen molar-refractivity contribution < 1.29 is 29.0 Å². The van der Waals surface area contributed by atoms with Crippen LogP contribution in [-0.4, -0.2) is 37.9 Å². The van der Waals surface area contributed by atoms with E-state index < -0.39 is 18.6 Å². The standard InChI is InChI=1S/C11H13ClN2O6/c1-18-8-4-9(19-2)7(3-6(8)12)13-11(17)14-20-5-10(15)16/h3-4H,5H2,1-2H3,(H,15,16)(H2,13,14,17). The predicted octanol–water partition coefficient (Wildman–Crippen LogP) is 1.49. The molecule has 0 aliphatic heterocycles. The zero-order valence-electron chi connectivity index (χ0n) is 10.7. The third-order valence-electron chi connectivity index (χ3n) is 2.08. The molecule has 0 aliphatic rings. The Morgan fingerprint density at radius 3 is 2.45 bits per heavy atom. The number of hydrogen-bond acceptors (Lipinski definition) is 5. The van der Waals surface area contributed by atoms with Crippen molar-refractivity contribution in [1.29, 1.82) is 0 Å². The van der Waals surface area contributed by atoms with Gasteiger partial charge in [-0.05, 0) is 6.07 Å². The lowest BCUT2D eigenvalue weighted by molar-refractivity contribution is -0.143. The smallest absolute Gasteiger partial charge is 0.343 e. The summed E-state index contributed by atoms with van der Waals surface area (Å²) in [5.74, 6) is -0.508. The lowest BCUT2D eigenvalue weighted by Crippen LogP contribution is -2.31. The van der Waals surface area contributed by atoms with Crippen LogP contribution in [0.25, 0.3) is 0 Å². The minimum absolute atomic E-state index is 0.273. The topological polar surface area (TPSA) is 106 Å². The molecule has 0 radical (unpaired) electrons. The number of anilines is 1. The third-order valence-corrected chi connectivity index (χ3v) is 2.38. The minimum atomic E-state index is -1.21. The summed E-state index contributed by atoms with van der Waals surface area (Å²) in [5, 5.41) is 11.0. The molecule has 1 aromatic rings. The number of aliphatic carboxylic acids is 1. The van der Waals surface area contributed by atoms with Crippen LogP contribution < -0.4 is 20.3 Å². The van der Waals surface area contributed by atoms with Crippen LogP contribution in [0.15, 0.2) is 12.1 Å². The summed E-state index contributed by atoms with van der Waals surface area (Å²) in [6.45, 7) is -0.659. The fourth-order valence-corrected chi connectivity index (χ4v) is 1.51. The number of carboxylic acid groups (broad SMARTS) is 1. The molecule has 0 bridgehead atoms. The zero-order valence-corrected chi connectivity index (χ0v) is 11.5. The highest BCUT2D eigenvalue weighted by molar-refractivity contribution is 6.32. The molecule has 20 heavy (non-hydrogen) atoms. The van der Waals surface area contributed by atoms with Crippen molar-refractivity contribution in [2.75, 3.05) is 26.1 Å². The second-order valence-electron chi connectivity index (χ2n) is 3.43. The van der Waals surface area contributed by atoms with Crippen LogP contribution in [0.1, 0.15) is 0 Å². The number of methoxy groups -OCH3 is 2. The zero-order chi connectivity index (χ0) is 15.1. The molecule has 110 valence electrons. The number of urea groups is 1. The van der Waals surface area contributed by atoms with E-state index in [1.54, 1.807) is 0 Å². The molecule has 0 saturated carbocycles. The Hall–Kier alpha value is -2.19. The number of carbonyl (C=O) groups is 2. The maximum Gasteiger partial charge on any atom is 0.343 e. The molecule has 0 aromatic heterocycles. The van der Waals surface area contributed by atoms with Gasteiger partial charge in [-0.15, -0.1) is 0 Å². The molecule has 1 aromatic carbocycles. The highest BCUT2D eigenvalue weighted by Gasteiger charge is 2.12. The van der Waals surface area contributed by atoms with E-state index in [4.69, 9.17) is 26.2 Å². The lowest BCUT2D eigenvalue weighted by atomic mass is 10.2. The van der Waals surface area contributed by atoms with Crippen molar-refractivity contribution in [2.45, 2.75) is 0 Å². The molecule has 0 fully saturated rings. The van der Waals surface area contributed by atoms with Gasteiger partial charge in [0.2, 0.25) is 0 Å². The SMILES string of the molecule is COc1cc(OC)c(NC(=O)NOCC(=O)O)cc1Cl. The summed E-state index contributed by atoms with van der Waals surface area (Å²) >= 11 is 5.93. The number of hydrogen-bond donors (Lipinski definition) is 3. The van der Waals surface area contributed by atoms with E-state index in [0.717, 1.165) is 0 Å². The summed E-state index contributed by atoms with van der Waals surface area (Å²) in [5.41, 5.74) is 2.17. The fourth-order valence-electron chi connectivity index (χ4n) is 1.27. The van der Waals surface area contributed by atoms with Crippen molar-refractivity contribution in [1.82, 2.24) is 5.48 Å². The third kappa shape index (κ3) is 4.48. The van der Waals surface area contributed by atoms with Gasteiger partial charge >= 0.3 is 12.0 Å². The van der Waals surface area contributed by atoms with Crippen LogP contribution in [0.4, 0.5) is 10.5 Å². The monoisotopic (exact) mass is 304 g/mol. The van der Waals surface area contributed by atoms with Gasteiger partial charge < -0.3 is 19.9 Å². The van der Waals surface area contributed by atoms with E-state index in [1.807, 2.05) is 5.48 Å². The van der Waals surface area contributed by atoms with Crippen molar-refractivity contribution >= 4 is 29.3 Å². The van der Waals surface area contributed by atoms with Crippen LogP contribution in [0, 0.1) is 0 Å². The Morgan fingerprint density at radius 2 is 1.90 bits per heavy atom. The number of nitrogens with one attached hydrogen (secondary N) is 2. The molecule has 9 heteroatoms. The number of benzene rings is 1. The Balaban J connectivity index is 2.73. The van der Waals surface area contributed by atoms with E-state index in [9.17, 15) is 9.59 Å². The van der Waals surface area contributed by atoms with E-state index in [2.05, 4.69) is 10.2 Å². The molecule has 2 amide bonds. The molecule has 0 saturated heterocycles. The molecule has 8 nitrogen and oxygen atoms in total. The molecule has 0 unspecified atom stereocenters. The average Bonchev–Trinajstić information content (AvgIpc) is 2.38. The molecule has 3 N–H and O–H groups in total. The first-order valence-corrected chi connectivity index (χ1v) is 5.67. The Labute approximate surface area is 119 Å². The number of rotatable bonds is 6. The number of amides is 2. The van der Waals surface area contributed by atoms with Gasteiger partial charge in [0, 0.05) is 6.07 Å². The fraction of sp³-hybridized carbons (Fsp3) is 0.273. The molecule has 0 heterocycles. The highest BCUT2D eigenvalue weighted by Crippen LogP contribution is 2.35. The van der Waals surface area contributed by atoms with E-state index >= 15 is 0 Å². The van der Waals surface area contributed by atoms with Crippen LogP contribution >= 0.6 is 11.6 Å². The van der Waals surface area contributed by atoms with Crippen molar-refractivity contribution in [3.05, 3.63) is 17.2 Å². The molecule has 0 aliphatic carbocycles. The predicted molar refractivity (Wildman–Crippen MR) is 70.3 cm³/mol. The number of carboxylic acids is 1. The first-order chi connectivity index (χ1) is 9.47. The molecule has 1 rings (SSSR count). The summed E-state index contributed by atoms with van der Waals surface area (Å²) in [6, 6.07) is 2.15. The number of carbonyl (C=O) groups excluding carboxylic acids is 1. The van der Waals surface area contributed by atoms with E-state index in [-0.39, 0.29) is 10.7 Å². The van der Waals surface area contributed by atoms with Gasteiger partial charge in [0.1, 0.15) is 11.5 Å². The van der Waals surface area contributed by atoms with Crippen LogP contribution in [0.3, 0.4) is 0 Å². The Bertz CT molecular complexity index is 508. The largest absolute Gasteiger partial charge is 0.495 e. The van der Waals surface area contributed by atoms with Crippen LogP contribution in [-0.2, 0) is 9.63 Å². The first-order valence-electron chi connectivity index (χ1n) is 5.30. The Morgan fingerprint density at radius 1 is 1.25 bits per heavy atom. The lowest BCUT2D eigenvalue weighted by Gasteiger charge is -2.13. The maximum atomic E-state index is 11.5. The number of halogens is 1. The van der Waals surface area contributed by atoms with E-state index in [1.165, 1.54) is 26.4 Å².